The molecule has 2 aromatic carbocycles. The maximum Gasteiger partial charge on any atom is 0.262 e. The molecule has 2 N–H and O–H groups in total. The molecule has 1 aliphatic heterocycles. The summed E-state index contributed by atoms with van der Waals surface area (Å²) in [5, 5.41) is 2.68. The molecule has 0 saturated carbocycles. The number of ketones is 1. The zero-order valence-corrected chi connectivity index (χ0v) is 18.0. The minimum atomic E-state index is -3.76. The zero-order chi connectivity index (χ0) is 21.8. The van der Waals surface area contributed by atoms with Gasteiger partial charge in [-0.2, -0.15) is 0 Å². The van der Waals surface area contributed by atoms with Crippen LogP contribution < -0.4 is 10.0 Å². The van der Waals surface area contributed by atoms with Crippen LogP contribution in [0.15, 0.2) is 52.4 Å². The van der Waals surface area contributed by atoms with Gasteiger partial charge in [0.15, 0.2) is 5.78 Å². The van der Waals surface area contributed by atoms with Gasteiger partial charge in [0.25, 0.3) is 10.0 Å². The molecule has 7 nitrogen and oxygen atoms in total. The predicted molar refractivity (Wildman–Crippen MR) is 119 cm³/mol. The van der Waals surface area contributed by atoms with Crippen molar-refractivity contribution in [3.8, 4) is 0 Å². The summed E-state index contributed by atoms with van der Waals surface area (Å²) in [6, 6.07) is 11.8. The van der Waals surface area contributed by atoms with Crippen LogP contribution in [-0.4, -0.2) is 32.5 Å². The fraction of sp³-hybridized carbons (Fsp3) is 0.348. The minimum absolute atomic E-state index is 0.0297. The second kappa shape index (κ2) is 9.01. The van der Waals surface area contributed by atoms with Gasteiger partial charge < -0.3 is 5.32 Å². The Morgan fingerprint density at radius 3 is 2.58 bits per heavy atom. The summed E-state index contributed by atoms with van der Waals surface area (Å²) in [5.41, 5.74) is 3.54. The number of aliphatic imine (C=N–C) groups is 1. The van der Waals surface area contributed by atoms with Gasteiger partial charge in [-0.05, 0) is 61.1 Å². The van der Waals surface area contributed by atoms with E-state index in [1.54, 1.807) is 12.1 Å². The highest BCUT2D eigenvalue weighted by atomic mass is 32.2. The zero-order valence-electron chi connectivity index (χ0n) is 17.2. The highest BCUT2D eigenvalue weighted by Crippen LogP contribution is 2.23. The molecule has 0 bridgehead atoms. The number of sulfonamides is 1. The normalized spacial score (nSPS) is 15.3. The molecule has 1 heterocycles. The molecule has 0 spiro atoms. The maximum absolute atomic E-state index is 12.5. The number of hydrogen-bond donors (Lipinski definition) is 2. The van der Waals surface area contributed by atoms with E-state index in [1.165, 1.54) is 23.3 Å². The van der Waals surface area contributed by atoms with E-state index in [4.69, 9.17) is 0 Å². The fourth-order valence-corrected chi connectivity index (χ4v) is 5.05. The van der Waals surface area contributed by atoms with Gasteiger partial charge in [-0.15, -0.1) is 0 Å². The summed E-state index contributed by atoms with van der Waals surface area (Å²) in [6.45, 7) is 0.623. The molecule has 1 aliphatic carbocycles. The number of amides is 1. The Kier molecular flexibility index (Phi) is 6.18. The van der Waals surface area contributed by atoms with Crippen LogP contribution in [-0.2, 0) is 27.7 Å². The SMILES string of the molecule is O=C(CCC(=O)c1ccc2c(c1)CCC2)Nc1cccc(S(=O)(=O)NC2=NCCC2)c1. The Labute approximate surface area is 182 Å². The largest absolute Gasteiger partial charge is 0.326 e. The third-order valence-corrected chi connectivity index (χ3v) is 6.93. The second-order valence-corrected chi connectivity index (χ2v) is 9.56. The first-order valence-electron chi connectivity index (χ1n) is 10.5. The van der Waals surface area contributed by atoms with Crippen molar-refractivity contribution in [3.05, 3.63) is 59.2 Å². The maximum atomic E-state index is 12.5. The van der Waals surface area contributed by atoms with Crippen molar-refractivity contribution in [1.29, 1.82) is 0 Å². The number of aryl methyl sites for hydroxylation is 2. The smallest absolute Gasteiger partial charge is 0.262 e. The summed E-state index contributed by atoms with van der Waals surface area (Å²) in [4.78, 5) is 29.0. The number of carbonyl (C=O) groups excluding carboxylic acids is 2. The number of amidine groups is 1. The van der Waals surface area contributed by atoms with Crippen molar-refractivity contribution in [1.82, 2.24) is 4.72 Å². The lowest BCUT2D eigenvalue weighted by Crippen LogP contribution is -2.29. The van der Waals surface area contributed by atoms with Gasteiger partial charge in [0.2, 0.25) is 5.91 Å². The topological polar surface area (TPSA) is 105 Å². The lowest BCUT2D eigenvalue weighted by atomic mass is 10.0. The van der Waals surface area contributed by atoms with E-state index < -0.39 is 10.0 Å². The first-order valence-corrected chi connectivity index (χ1v) is 12.0. The van der Waals surface area contributed by atoms with Gasteiger partial charge in [-0.3, -0.25) is 19.3 Å². The average Bonchev–Trinajstić information content (AvgIpc) is 3.43. The Morgan fingerprint density at radius 1 is 0.935 bits per heavy atom. The lowest BCUT2D eigenvalue weighted by Gasteiger charge is -2.10. The Morgan fingerprint density at radius 2 is 1.77 bits per heavy atom. The molecule has 31 heavy (non-hydrogen) atoms. The molecule has 162 valence electrons. The molecule has 0 atom stereocenters. The Balaban J connectivity index is 1.34. The van der Waals surface area contributed by atoms with Crippen LogP contribution in [0.4, 0.5) is 5.69 Å². The van der Waals surface area contributed by atoms with Gasteiger partial charge in [0, 0.05) is 37.1 Å². The highest BCUT2D eigenvalue weighted by Gasteiger charge is 2.19. The molecule has 8 heteroatoms. The monoisotopic (exact) mass is 439 g/mol. The van der Waals surface area contributed by atoms with Crippen LogP contribution in [0.2, 0.25) is 0 Å². The molecule has 4 rings (SSSR count). The predicted octanol–water partition coefficient (Wildman–Crippen LogP) is 3.25. The number of nitrogens with one attached hydrogen (secondary N) is 2. The molecule has 0 aromatic heterocycles. The van der Waals surface area contributed by atoms with Crippen LogP contribution in [0.5, 0.6) is 0 Å². The van der Waals surface area contributed by atoms with E-state index in [-0.39, 0.29) is 29.4 Å². The molecule has 0 saturated heterocycles. The first-order chi connectivity index (χ1) is 14.9. The number of carbonyl (C=O) groups is 2. The van der Waals surface area contributed by atoms with Crippen LogP contribution in [0, 0.1) is 0 Å². The van der Waals surface area contributed by atoms with E-state index in [2.05, 4.69) is 15.0 Å². The molecule has 1 amide bonds. The van der Waals surface area contributed by atoms with E-state index in [0.717, 1.165) is 25.7 Å². The average molecular weight is 440 g/mol. The van der Waals surface area contributed by atoms with Gasteiger partial charge in [0.1, 0.15) is 5.84 Å². The van der Waals surface area contributed by atoms with E-state index in [9.17, 15) is 18.0 Å². The lowest BCUT2D eigenvalue weighted by molar-refractivity contribution is -0.116. The number of Topliss-reactive ketones (excluding diaryl/α,β-unsaturated/α-hetero) is 1. The molecular formula is C23H25N3O4S. The molecule has 0 radical (unpaired) electrons. The standard InChI is InChI=1S/C23H25N3O4S/c27-21(18-10-9-16-4-1-5-17(16)14-18)11-12-23(28)25-19-6-2-7-20(15-19)31(29,30)26-22-8-3-13-24-22/h2,6-7,9-10,14-15H,1,3-5,8,11-13H2,(H,24,26)(H,25,28). The third kappa shape index (κ3) is 5.19. The van der Waals surface area contributed by atoms with Gasteiger partial charge in [-0.25, -0.2) is 8.42 Å². The van der Waals surface area contributed by atoms with Gasteiger partial charge in [-0.1, -0.05) is 18.2 Å². The highest BCUT2D eigenvalue weighted by molar-refractivity contribution is 7.90. The van der Waals surface area contributed by atoms with Crippen LogP contribution in [0.25, 0.3) is 0 Å². The van der Waals surface area contributed by atoms with Crippen LogP contribution >= 0.6 is 0 Å². The third-order valence-electron chi connectivity index (χ3n) is 5.55. The molecule has 2 aliphatic rings. The van der Waals surface area contributed by atoms with Gasteiger partial charge in [0.05, 0.1) is 4.90 Å². The summed E-state index contributed by atoms with van der Waals surface area (Å²) in [6.07, 6.45) is 4.74. The summed E-state index contributed by atoms with van der Waals surface area (Å²) < 4.78 is 27.6. The van der Waals surface area contributed by atoms with Crippen molar-refractivity contribution in [2.45, 2.75) is 49.8 Å². The van der Waals surface area contributed by atoms with Crippen molar-refractivity contribution in [2.24, 2.45) is 4.99 Å². The van der Waals surface area contributed by atoms with Crippen LogP contribution in [0.1, 0.15) is 53.6 Å². The van der Waals surface area contributed by atoms with Crippen molar-refractivity contribution >= 4 is 33.2 Å². The van der Waals surface area contributed by atoms with Crippen molar-refractivity contribution < 1.29 is 18.0 Å². The molecular weight excluding hydrogens is 414 g/mol. The first kappa shape index (κ1) is 21.2. The van der Waals surface area contributed by atoms with E-state index in [0.29, 0.717) is 30.1 Å². The van der Waals surface area contributed by atoms with E-state index >= 15 is 0 Å². The number of rotatable bonds is 7. The number of hydrogen-bond acceptors (Lipinski definition) is 5. The van der Waals surface area contributed by atoms with Crippen molar-refractivity contribution in [2.75, 3.05) is 11.9 Å². The summed E-state index contributed by atoms with van der Waals surface area (Å²) in [5.74, 6) is 0.0550. The quantitative estimate of drug-likeness (QED) is 0.646. The van der Waals surface area contributed by atoms with E-state index in [1.807, 2.05) is 18.2 Å². The Hall–Kier alpha value is -3.00. The molecule has 0 fully saturated rings. The summed E-state index contributed by atoms with van der Waals surface area (Å²) >= 11 is 0. The number of anilines is 1. The van der Waals surface area contributed by atoms with Crippen molar-refractivity contribution in [3.63, 3.8) is 0 Å². The fourth-order valence-electron chi connectivity index (χ4n) is 3.92. The second-order valence-electron chi connectivity index (χ2n) is 7.87. The minimum Gasteiger partial charge on any atom is -0.326 e. The van der Waals surface area contributed by atoms with Crippen LogP contribution in [0.3, 0.4) is 0 Å². The molecule has 2 aromatic rings. The summed E-state index contributed by atoms with van der Waals surface area (Å²) in [7, 11) is -3.76. The Bertz CT molecular complexity index is 1160. The molecule has 0 unspecified atom stereocenters. The van der Waals surface area contributed by atoms with Gasteiger partial charge >= 0.3 is 0 Å². The number of nitrogens with zero attached hydrogens (tertiary/aromatic N) is 1. The number of benzene rings is 2. The number of fused-ring (bicyclic) bond motifs is 1.